The number of thioether (sulfide) groups is 1. The van der Waals surface area contributed by atoms with Crippen LogP contribution in [0.1, 0.15) is 26.7 Å². The number of hydrogen-bond donors (Lipinski definition) is 1. The molecule has 1 amide bonds. The van der Waals surface area contributed by atoms with Crippen LogP contribution in [0.4, 0.5) is 0 Å². The lowest BCUT2D eigenvalue weighted by atomic mass is 10.2. The van der Waals surface area contributed by atoms with Crippen molar-refractivity contribution < 1.29 is 14.7 Å². The van der Waals surface area contributed by atoms with Gasteiger partial charge < -0.3 is 10.0 Å². The number of nitrogens with zero attached hydrogens (tertiary/aromatic N) is 1. The molecule has 1 aromatic rings. The highest BCUT2D eigenvalue weighted by Gasteiger charge is 2.17. The molecule has 0 spiro atoms. The van der Waals surface area contributed by atoms with Gasteiger partial charge in [-0.25, -0.2) is 0 Å². The minimum atomic E-state index is -0.885. The van der Waals surface area contributed by atoms with Crippen LogP contribution >= 0.6 is 23.4 Å². The van der Waals surface area contributed by atoms with E-state index in [9.17, 15) is 9.59 Å². The van der Waals surface area contributed by atoms with Crippen LogP contribution < -0.4 is 0 Å². The van der Waals surface area contributed by atoms with Gasteiger partial charge in [0.2, 0.25) is 5.91 Å². The molecule has 4 nitrogen and oxygen atoms in total. The van der Waals surface area contributed by atoms with Crippen LogP contribution in [0.5, 0.6) is 0 Å². The summed E-state index contributed by atoms with van der Waals surface area (Å²) in [5, 5.41) is 9.41. The van der Waals surface area contributed by atoms with Crippen molar-refractivity contribution >= 4 is 35.2 Å². The molecule has 0 aliphatic carbocycles. The van der Waals surface area contributed by atoms with Gasteiger partial charge in [0.05, 0.1) is 6.42 Å². The average Bonchev–Trinajstić information content (AvgIpc) is 2.40. The molecule has 0 aliphatic heterocycles. The molecular weight excluding hydrogens is 310 g/mol. The van der Waals surface area contributed by atoms with E-state index in [0.29, 0.717) is 17.2 Å². The molecule has 0 aliphatic rings. The van der Waals surface area contributed by atoms with Gasteiger partial charge in [-0.15, -0.1) is 11.8 Å². The lowest BCUT2D eigenvalue weighted by Gasteiger charge is -2.26. The zero-order chi connectivity index (χ0) is 15.8. The summed E-state index contributed by atoms with van der Waals surface area (Å²) in [6, 6.07) is 7.49. The maximum absolute atomic E-state index is 12.1. The van der Waals surface area contributed by atoms with Crippen molar-refractivity contribution in [3.05, 3.63) is 29.3 Å². The van der Waals surface area contributed by atoms with E-state index in [1.54, 1.807) is 16.7 Å². The summed E-state index contributed by atoms with van der Waals surface area (Å²) in [6.07, 6.45) is 0.374. The Morgan fingerprint density at radius 3 is 2.38 bits per heavy atom. The average molecular weight is 330 g/mol. The van der Waals surface area contributed by atoms with Gasteiger partial charge in [-0.1, -0.05) is 11.6 Å². The summed E-state index contributed by atoms with van der Waals surface area (Å²) < 4.78 is 0. The number of carbonyl (C=O) groups excluding carboxylic acids is 1. The first kappa shape index (κ1) is 17.9. The number of carboxylic acid groups (broad SMARTS) is 1. The summed E-state index contributed by atoms with van der Waals surface area (Å²) in [7, 11) is 0. The maximum Gasteiger partial charge on any atom is 0.305 e. The number of halogens is 1. The van der Waals surface area contributed by atoms with Crippen LogP contribution in [0, 0.1) is 0 Å². The smallest absolute Gasteiger partial charge is 0.305 e. The minimum Gasteiger partial charge on any atom is -0.481 e. The molecule has 0 atom stereocenters. The third kappa shape index (κ3) is 6.87. The Kier molecular flexibility index (Phi) is 7.61. The summed E-state index contributed by atoms with van der Waals surface area (Å²) in [5.41, 5.74) is 0. The van der Waals surface area contributed by atoms with E-state index >= 15 is 0 Å². The molecule has 0 saturated heterocycles. The minimum absolute atomic E-state index is 0.00675. The number of benzene rings is 1. The molecule has 0 radical (unpaired) electrons. The van der Waals surface area contributed by atoms with Crippen molar-refractivity contribution in [1.82, 2.24) is 4.90 Å². The second-order valence-corrected chi connectivity index (χ2v) is 6.48. The fourth-order valence-electron chi connectivity index (χ4n) is 1.82. The van der Waals surface area contributed by atoms with Crippen LogP contribution in [0.15, 0.2) is 29.2 Å². The number of carboxylic acids is 1. The van der Waals surface area contributed by atoms with Crippen molar-refractivity contribution in [1.29, 1.82) is 0 Å². The lowest BCUT2D eigenvalue weighted by molar-refractivity contribution is -0.139. The second kappa shape index (κ2) is 8.95. The van der Waals surface area contributed by atoms with Crippen LogP contribution in [-0.2, 0) is 9.59 Å². The first-order valence-electron chi connectivity index (χ1n) is 6.79. The van der Waals surface area contributed by atoms with Crippen LogP contribution in [0.25, 0.3) is 0 Å². The SMILES string of the molecule is CC(C)N(CCC(=O)O)C(=O)CCSc1ccc(Cl)cc1. The quantitative estimate of drug-likeness (QED) is 0.741. The van der Waals surface area contributed by atoms with Crippen LogP contribution in [0.2, 0.25) is 5.02 Å². The Morgan fingerprint density at radius 1 is 1.24 bits per heavy atom. The van der Waals surface area contributed by atoms with Gasteiger partial charge >= 0.3 is 5.97 Å². The van der Waals surface area contributed by atoms with Gasteiger partial charge in [-0.3, -0.25) is 9.59 Å². The molecule has 116 valence electrons. The van der Waals surface area contributed by atoms with E-state index in [2.05, 4.69) is 0 Å². The molecular formula is C15H20ClNO3S. The number of carbonyl (C=O) groups is 2. The van der Waals surface area contributed by atoms with Crippen LogP contribution in [0.3, 0.4) is 0 Å². The fourth-order valence-corrected chi connectivity index (χ4v) is 2.78. The Balaban J connectivity index is 2.42. The largest absolute Gasteiger partial charge is 0.481 e. The predicted molar refractivity (Wildman–Crippen MR) is 85.9 cm³/mol. The van der Waals surface area contributed by atoms with Gasteiger partial charge in [0, 0.05) is 34.7 Å². The van der Waals surface area contributed by atoms with Crippen molar-refractivity contribution in [3.8, 4) is 0 Å². The van der Waals surface area contributed by atoms with Gasteiger partial charge in [-0.2, -0.15) is 0 Å². The lowest BCUT2D eigenvalue weighted by Crippen LogP contribution is -2.38. The third-order valence-corrected chi connectivity index (χ3v) is 4.17. The maximum atomic E-state index is 12.1. The number of amides is 1. The summed E-state index contributed by atoms with van der Waals surface area (Å²) >= 11 is 7.40. The van der Waals surface area contributed by atoms with E-state index in [1.807, 2.05) is 38.1 Å². The summed E-state index contributed by atoms with van der Waals surface area (Å²) in [4.78, 5) is 25.4. The number of aliphatic carboxylic acids is 1. The van der Waals surface area contributed by atoms with Crippen molar-refractivity contribution in [3.63, 3.8) is 0 Å². The molecule has 0 fully saturated rings. The fraction of sp³-hybridized carbons (Fsp3) is 0.467. The Morgan fingerprint density at radius 2 is 1.86 bits per heavy atom. The third-order valence-electron chi connectivity index (χ3n) is 2.91. The van der Waals surface area contributed by atoms with Gasteiger partial charge in [0.1, 0.15) is 0 Å². The second-order valence-electron chi connectivity index (χ2n) is 4.88. The predicted octanol–water partition coefficient (Wildman–Crippen LogP) is 3.53. The van der Waals surface area contributed by atoms with Crippen LogP contribution in [-0.4, -0.2) is 40.2 Å². The number of hydrogen-bond acceptors (Lipinski definition) is 3. The Bertz CT molecular complexity index is 476. The highest BCUT2D eigenvalue weighted by Crippen LogP contribution is 2.21. The molecule has 6 heteroatoms. The monoisotopic (exact) mass is 329 g/mol. The normalized spacial score (nSPS) is 10.7. The topological polar surface area (TPSA) is 57.6 Å². The zero-order valence-electron chi connectivity index (χ0n) is 12.2. The van der Waals surface area contributed by atoms with E-state index in [4.69, 9.17) is 16.7 Å². The van der Waals surface area contributed by atoms with E-state index in [-0.39, 0.29) is 24.9 Å². The van der Waals surface area contributed by atoms with E-state index in [0.717, 1.165) is 4.90 Å². The van der Waals surface area contributed by atoms with Gasteiger partial charge in [0.25, 0.3) is 0 Å². The molecule has 21 heavy (non-hydrogen) atoms. The molecule has 0 saturated carbocycles. The summed E-state index contributed by atoms with van der Waals surface area (Å²) in [6.45, 7) is 4.05. The number of rotatable bonds is 8. The van der Waals surface area contributed by atoms with E-state index < -0.39 is 5.97 Å². The Hall–Kier alpha value is -1.20. The molecule has 1 rings (SSSR count). The van der Waals surface area contributed by atoms with E-state index in [1.165, 1.54) is 0 Å². The molecule has 1 N–H and O–H groups in total. The standard InChI is InChI=1S/C15H20ClNO3S/c1-11(2)17(9-7-15(19)20)14(18)8-10-21-13-5-3-12(16)4-6-13/h3-6,11H,7-10H2,1-2H3,(H,19,20). The highest BCUT2D eigenvalue weighted by molar-refractivity contribution is 7.99. The Labute approximate surface area is 134 Å². The van der Waals surface area contributed by atoms with Crippen molar-refractivity contribution in [2.75, 3.05) is 12.3 Å². The first-order chi connectivity index (χ1) is 9.90. The zero-order valence-corrected chi connectivity index (χ0v) is 13.8. The van der Waals surface area contributed by atoms with Crippen molar-refractivity contribution in [2.24, 2.45) is 0 Å². The molecule has 0 bridgehead atoms. The molecule has 0 aromatic heterocycles. The highest BCUT2D eigenvalue weighted by atomic mass is 35.5. The van der Waals surface area contributed by atoms with Gasteiger partial charge in [-0.05, 0) is 38.1 Å². The molecule has 0 heterocycles. The first-order valence-corrected chi connectivity index (χ1v) is 8.16. The molecule has 0 unspecified atom stereocenters. The summed E-state index contributed by atoms with van der Waals surface area (Å²) in [5.74, 6) is -0.228. The van der Waals surface area contributed by atoms with Gasteiger partial charge in [0.15, 0.2) is 0 Å². The molecule has 1 aromatic carbocycles. The van der Waals surface area contributed by atoms with Crippen molar-refractivity contribution in [2.45, 2.75) is 37.6 Å².